The topological polar surface area (TPSA) is 50.4 Å². The average molecular weight is 228 g/mol. The molecule has 1 rings (SSSR count). The fraction of sp³-hybridized carbons (Fsp3) is 0.917. The van der Waals surface area contributed by atoms with Gasteiger partial charge in [0.25, 0.3) is 0 Å². The first-order valence-corrected chi connectivity index (χ1v) is 6.02. The molecule has 0 aromatic rings. The van der Waals surface area contributed by atoms with E-state index in [0.717, 1.165) is 13.0 Å². The number of hydrogen-bond acceptors (Lipinski definition) is 3. The van der Waals surface area contributed by atoms with Gasteiger partial charge < -0.3 is 15.4 Å². The lowest BCUT2D eigenvalue weighted by Crippen LogP contribution is -2.53. The van der Waals surface area contributed by atoms with Crippen LogP contribution in [0, 0.1) is 5.92 Å². The van der Waals surface area contributed by atoms with Gasteiger partial charge in [-0.1, -0.05) is 6.92 Å². The van der Waals surface area contributed by atoms with E-state index in [1.807, 2.05) is 20.8 Å². The number of piperidine rings is 1. The van der Waals surface area contributed by atoms with Gasteiger partial charge in [0.1, 0.15) is 5.60 Å². The van der Waals surface area contributed by atoms with E-state index in [0.29, 0.717) is 12.0 Å². The third kappa shape index (κ3) is 4.00. The van der Waals surface area contributed by atoms with E-state index in [1.165, 1.54) is 0 Å². The molecule has 1 aliphatic heterocycles. The van der Waals surface area contributed by atoms with Crippen LogP contribution in [0.25, 0.3) is 0 Å². The number of alkyl carbamates (subject to hydrolysis) is 1. The molecule has 1 aliphatic rings. The smallest absolute Gasteiger partial charge is 0.407 e. The molecular weight excluding hydrogens is 204 g/mol. The van der Waals surface area contributed by atoms with Crippen molar-refractivity contribution in [2.75, 3.05) is 6.54 Å². The average Bonchev–Trinajstić information content (AvgIpc) is 2.09. The van der Waals surface area contributed by atoms with Crippen LogP contribution in [0.4, 0.5) is 4.79 Å². The summed E-state index contributed by atoms with van der Waals surface area (Å²) in [4.78, 5) is 11.6. The first-order chi connectivity index (χ1) is 7.29. The Morgan fingerprint density at radius 3 is 2.56 bits per heavy atom. The molecule has 16 heavy (non-hydrogen) atoms. The Balaban J connectivity index is 2.44. The molecule has 0 saturated carbocycles. The Labute approximate surface area is 98.1 Å². The number of ether oxygens (including phenoxy) is 1. The van der Waals surface area contributed by atoms with E-state index in [9.17, 15) is 4.79 Å². The van der Waals surface area contributed by atoms with E-state index in [-0.39, 0.29) is 12.1 Å². The fourth-order valence-electron chi connectivity index (χ4n) is 1.93. The minimum Gasteiger partial charge on any atom is -0.444 e. The molecule has 0 aliphatic carbocycles. The summed E-state index contributed by atoms with van der Waals surface area (Å²) < 4.78 is 5.25. The molecule has 3 unspecified atom stereocenters. The van der Waals surface area contributed by atoms with Gasteiger partial charge >= 0.3 is 6.09 Å². The molecule has 4 nitrogen and oxygen atoms in total. The van der Waals surface area contributed by atoms with Gasteiger partial charge in [-0.15, -0.1) is 0 Å². The first-order valence-electron chi connectivity index (χ1n) is 6.02. The molecule has 0 bridgehead atoms. The Bertz CT molecular complexity index is 248. The maximum Gasteiger partial charge on any atom is 0.407 e. The lowest BCUT2D eigenvalue weighted by atomic mass is 9.89. The van der Waals surface area contributed by atoms with Crippen LogP contribution in [0.1, 0.15) is 41.0 Å². The van der Waals surface area contributed by atoms with Crippen LogP contribution in [0.5, 0.6) is 0 Å². The molecule has 1 saturated heterocycles. The highest BCUT2D eigenvalue weighted by molar-refractivity contribution is 5.68. The fourth-order valence-corrected chi connectivity index (χ4v) is 1.93. The van der Waals surface area contributed by atoms with E-state index < -0.39 is 5.60 Å². The van der Waals surface area contributed by atoms with Crippen molar-refractivity contribution >= 4 is 6.09 Å². The number of carbonyl (C=O) groups is 1. The van der Waals surface area contributed by atoms with Crippen LogP contribution >= 0.6 is 0 Å². The van der Waals surface area contributed by atoms with E-state index in [4.69, 9.17) is 4.74 Å². The second-order valence-corrected chi connectivity index (χ2v) is 5.64. The molecule has 1 amide bonds. The normalized spacial score (nSPS) is 30.9. The molecule has 0 aromatic heterocycles. The van der Waals surface area contributed by atoms with E-state index >= 15 is 0 Å². The molecule has 0 radical (unpaired) electrons. The van der Waals surface area contributed by atoms with Crippen LogP contribution in [0.15, 0.2) is 0 Å². The minimum absolute atomic E-state index is 0.214. The monoisotopic (exact) mass is 228 g/mol. The molecule has 2 N–H and O–H groups in total. The summed E-state index contributed by atoms with van der Waals surface area (Å²) >= 11 is 0. The highest BCUT2D eigenvalue weighted by Crippen LogP contribution is 2.17. The van der Waals surface area contributed by atoms with Crippen LogP contribution in [-0.4, -0.2) is 30.3 Å². The van der Waals surface area contributed by atoms with Gasteiger partial charge in [0.2, 0.25) is 0 Å². The molecule has 0 spiro atoms. The maximum atomic E-state index is 11.6. The van der Waals surface area contributed by atoms with Gasteiger partial charge in [-0.25, -0.2) is 4.79 Å². The first kappa shape index (κ1) is 13.3. The summed E-state index contributed by atoms with van der Waals surface area (Å²) in [5, 5.41) is 6.35. The predicted molar refractivity (Wildman–Crippen MR) is 64.4 cm³/mol. The second kappa shape index (κ2) is 5.04. The van der Waals surface area contributed by atoms with Gasteiger partial charge in [-0.2, -0.15) is 0 Å². The quantitative estimate of drug-likeness (QED) is 0.720. The SMILES string of the molecule is CC1NCCC(NC(=O)OC(C)(C)C)C1C. The van der Waals surface area contributed by atoms with Crippen molar-refractivity contribution in [3.8, 4) is 0 Å². The zero-order valence-corrected chi connectivity index (χ0v) is 11.0. The molecule has 1 fully saturated rings. The van der Waals surface area contributed by atoms with Crippen LogP contribution in [-0.2, 0) is 4.74 Å². The number of rotatable bonds is 1. The second-order valence-electron chi connectivity index (χ2n) is 5.64. The number of carbonyl (C=O) groups excluding carboxylic acids is 1. The van der Waals surface area contributed by atoms with Crippen molar-refractivity contribution in [3.05, 3.63) is 0 Å². The third-order valence-corrected chi connectivity index (χ3v) is 3.05. The molecule has 0 aromatic carbocycles. The van der Waals surface area contributed by atoms with Crippen molar-refractivity contribution in [1.29, 1.82) is 0 Å². The van der Waals surface area contributed by atoms with Crippen LogP contribution in [0.3, 0.4) is 0 Å². The largest absolute Gasteiger partial charge is 0.444 e. The third-order valence-electron chi connectivity index (χ3n) is 3.05. The zero-order chi connectivity index (χ0) is 12.3. The lowest BCUT2D eigenvalue weighted by Gasteiger charge is -2.35. The van der Waals surface area contributed by atoms with Crippen molar-refractivity contribution in [3.63, 3.8) is 0 Å². The summed E-state index contributed by atoms with van der Waals surface area (Å²) in [5.74, 6) is 0.432. The van der Waals surface area contributed by atoms with Crippen LogP contribution in [0.2, 0.25) is 0 Å². The highest BCUT2D eigenvalue weighted by atomic mass is 16.6. The van der Waals surface area contributed by atoms with Gasteiger partial charge in [-0.3, -0.25) is 0 Å². The molecule has 94 valence electrons. The summed E-state index contributed by atoms with van der Waals surface area (Å²) in [7, 11) is 0. The lowest BCUT2D eigenvalue weighted by molar-refractivity contribution is 0.0467. The molecule has 3 atom stereocenters. The Morgan fingerprint density at radius 2 is 2.00 bits per heavy atom. The summed E-state index contributed by atoms with van der Waals surface area (Å²) in [6, 6.07) is 0.653. The van der Waals surface area contributed by atoms with Crippen molar-refractivity contribution in [2.24, 2.45) is 5.92 Å². The van der Waals surface area contributed by atoms with E-state index in [1.54, 1.807) is 0 Å². The maximum absolute atomic E-state index is 11.6. The summed E-state index contributed by atoms with van der Waals surface area (Å²) in [6.07, 6.45) is 0.656. The summed E-state index contributed by atoms with van der Waals surface area (Å²) in [5.41, 5.74) is -0.425. The van der Waals surface area contributed by atoms with Crippen molar-refractivity contribution in [2.45, 2.75) is 58.7 Å². The van der Waals surface area contributed by atoms with Gasteiger partial charge in [-0.05, 0) is 46.6 Å². The number of nitrogens with one attached hydrogen (secondary N) is 2. The van der Waals surface area contributed by atoms with Crippen molar-refractivity contribution < 1.29 is 9.53 Å². The standard InChI is InChI=1S/C12H24N2O2/c1-8-9(2)13-7-6-10(8)14-11(15)16-12(3,4)5/h8-10,13H,6-7H2,1-5H3,(H,14,15). The van der Waals surface area contributed by atoms with Gasteiger partial charge in [0.15, 0.2) is 0 Å². The Hall–Kier alpha value is -0.770. The molecule has 1 heterocycles. The Morgan fingerprint density at radius 1 is 1.38 bits per heavy atom. The van der Waals surface area contributed by atoms with E-state index in [2.05, 4.69) is 24.5 Å². The molecular formula is C12H24N2O2. The van der Waals surface area contributed by atoms with Gasteiger partial charge in [0.05, 0.1) is 0 Å². The molecule has 4 heteroatoms. The zero-order valence-electron chi connectivity index (χ0n) is 11.0. The summed E-state index contributed by atoms with van der Waals surface area (Å²) in [6.45, 7) is 10.9. The highest BCUT2D eigenvalue weighted by Gasteiger charge is 2.29. The number of hydrogen-bond donors (Lipinski definition) is 2. The Kier molecular flexibility index (Phi) is 4.19. The minimum atomic E-state index is -0.425. The van der Waals surface area contributed by atoms with Crippen molar-refractivity contribution in [1.82, 2.24) is 10.6 Å². The predicted octanol–water partition coefficient (Wildman–Crippen LogP) is 1.90. The van der Waals surface area contributed by atoms with Gasteiger partial charge in [0, 0.05) is 12.1 Å². The number of amides is 1. The van der Waals surface area contributed by atoms with Crippen LogP contribution < -0.4 is 10.6 Å².